The lowest BCUT2D eigenvalue weighted by molar-refractivity contribution is 0.0937. The number of aromatic nitrogens is 1. The van der Waals surface area contributed by atoms with E-state index in [9.17, 15) is 4.79 Å². The van der Waals surface area contributed by atoms with E-state index in [1.807, 2.05) is 19.9 Å². The van der Waals surface area contributed by atoms with Gasteiger partial charge in [0.25, 0.3) is 5.91 Å². The predicted molar refractivity (Wildman–Crippen MR) is 83.2 cm³/mol. The van der Waals surface area contributed by atoms with Crippen molar-refractivity contribution in [1.29, 1.82) is 0 Å². The molecule has 1 fully saturated rings. The summed E-state index contributed by atoms with van der Waals surface area (Å²) in [6.07, 6.45) is 3.32. The Balaban J connectivity index is 1.97. The number of amides is 1. The van der Waals surface area contributed by atoms with Gasteiger partial charge in [-0.15, -0.1) is 0 Å². The summed E-state index contributed by atoms with van der Waals surface area (Å²) in [5.41, 5.74) is 7.47. The zero-order chi connectivity index (χ0) is 15.5. The van der Waals surface area contributed by atoms with Crippen molar-refractivity contribution in [2.75, 3.05) is 26.0 Å². The molecule has 1 aromatic rings. The van der Waals surface area contributed by atoms with Crippen molar-refractivity contribution in [2.24, 2.45) is 5.41 Å². The van der Waals surface area contributed by atoms with Gasteiger partial charge >= 0.3 is 0 Å². The zero-order valence-corrected chi connectivity index (χ0v) is 13.1. The maximum atomic E-state index is 12.3. The van der Waals surface area contributed by atoms with Crippen LogP contribution in [0.5, 0.6) is 0 Å². The first kappa shape index (κ1) is 15.8. The van der Waals surface area contributed by atoms with Crippen molar-refractivity contribution in [3.05, 3.63) is 23.4 Å². The van der Waals surface area contributed by atoms with Crippen molar-refractivity contribution in [3.63, 3.8) is 0 Å². The van der Waals surface area contributed by atoms with Gasteiger partial charge < -0.3 is 15.8 Å². The quantitative estimate of drug-likeness (QED) is 0.808. The number of methoxy groups -OCH3 is 1. The smallest absolute Gasteiger partial charge is 0.251 e. The number of hydrogen-bond acceptors (Lipinski definition) is 4. The summed E-state index contributed by atoms with van der Waals surface area (Å²) in [6, 6.07) is 3.46. The van der Waals surface area contributed by atoms with Gasteiger partial charge in [0.1, 0.15) is 5.82 Å². The van der Waals surface area contributed by atoms with Gasteiger partial charge in [-0.1, -0.05) is 13.8 Å². The Kier molecular flexibility index (Phi) is 4.83. The van der Waals surface area contributed by atoms with Gasteiger partial charge in [-0.25, -0.2) is 4.98 Å². The normalized spacial score (nSPS) is 16.0. The number of rotatable bonds is 7. The molecule has 0 saturated heterocycles. The van der Waals surface area contributed by atoms with E-state index in [1.165, 1.54) is 0 Å². The monoisotopic (exact) mass is 291 g/mol. The van der Waals surface area contributed by atoms with Gasteiger partial charge in [-0.2, -0.15) is 0 Å². The fraction of sp³-hybridized carbons (Fsp3) is 0.625. The second-order valence-electron chi connectivity index (χ2n) is 6.29. The van der Waals surface area contributed by atoms with E-state index in [4.69, 9.17) is 10.5 Å². The molecule has 0 aliphatic heterocycles. The number of carbonyl (C=O) groups is 1. The third-order valence-electron chi connectivity index (χ3n) is 4.14. The molecule has 21 heavy (non-hydrogen) atoms. The van der Waals surface area contributed by atoms with E-state index in [2.05, 4.69) is 10.3 Å². The van der Waals surface area contributed by atoms with Gasteiger partial charge in [-0.05, 0) is 42.7 Å². The molecule has 5 heteroatoms. The van der Waals surface area contributed by atoms with Crippen molar-refractivity contribution in [2.45, 2.75) is 39.0 Å². The lowest BCUT2D eigenvalue weighted by Gasteiger charge is -2.16. The van der Waals surface area contributed by atoms with Crippen LogP contribution < -0.4 is 11.1 Å². The maximum Gasteiger partial charge on any atom is 0.251 e. The van der Waals surface area contributed by atoms with Crippen molar-refractivity contribution < 1.29 is 9.53 Å². The molecule has 0 radical (unpaired) electrons. The second-order valence-corrected chi connectivity index (χ2v) is 6.29. The summed E-state index contributed by atoms with van der Waals surface area (Å²) in [7, 11) is 1.71. The fourth-order valence-corrected chi connectivity index (χ4v) is 2.38. The van der Waals surface area contributed by atoms with E-state index in [-0.39, 0.29) is 17.2 Å². The SMILES string of the molecule is COCCC1(CNC(=O)c2cc(N)nc(C(C)C)c2)CC1. The Bertz CT molecular complexity index is 510. The first-order chi connectivity index (χ1) is 9.96. The van der Waals surface area contributed by atoms with Crippen LogP contribution in [0, 0.1) is 5.41 Å². The second kappa shape index (κ2) is 6.43. The molecule has 3 N–H and O–H groups in total. The minimum Gasteiger partial charge on any atom is -0.385 e. The minimum atomic E-state index is -0.0744. The zero-order valence-electron chi connectivity index (χ0n) is 13.1. The summed E-state index contributed by atoms with van der Waals surface area (Å²) in [5.74, 6) is 0.568. The van der Waals surface area contributed by atoms with Gasteiger partial charge in [0.05, 0.1) is 0 Å². The summed E-state index contributed by atoms with van der Waals surface area (Å²) >= 11 is 0. The number of carbonyl (C=O) groups excluding carboxylic acids is 1. The number of nitrogens with two attached hydrogens (primary N) is 1. The van der Waals surface area contributed by atoms with E-state index in [0.29, 0.717) is 17.9 Å². The standard InChI is InChI=1S/C16H25N3O2/c1-11(2)13-8-12(9-14(17)19-13)15(20)18-10-16(4-5-16)6-7-21-3/h8-9,11H,4-7,10H2,1-3H3,(H2,17,19)(H,18,20). The Morgan fingerprint density at radius 2 is 2.19 bits per heavy atom. The van der Waals surface area contributed by atoms with Crippen LogP contribution in [0.3, 0.4) is 0 Å². The Labute approximate surface area is 126 Å². The van der Waals surface area contributed by atoms with E-state index in [1.54, 1.807) is 13.2 Å². The van der Waals surface area contributed by atoms with Gasteiger partial charge in [0.2, 0.25) is 0 Å². The molecule has 1 saturated carbocycles. The molecular weight excluding hydrogens is 266 g/mol. The van der Waals surface area contributed by atoms with Crippen LogP contribution in [-0.2, 0) is 4.74 Å². The van der Waals surface area contributed by atoms with Crippen LogP contribution in [0.15, 0.2) is 12.1 Å². The molecule has 1 heterocycles. The van der Waals surface area contributed by atoms with Crippen molar-refractivity contribution in [3.8, 4) is 0 Å². The molecule has 116 valence electrons. The third-order valence-corrected chi connectivity index (χ3v) is 4.14. The number of nitrogens with one attached hydrogen (secondary N) is 1. The Hall–Kier alpha value is -1.62. The van der Waals surface area contributed by atoms with Crippen LogP contribution in [0.2, 0.25) is 0 Å². The number of hydrogen-bond donors (Lipinski definition) is 2. The first-order valence-corrected chi connectivity index (χ1v) is 7.50. The molecule has 0 bridgehead atoms. The highest BCUT2D eigenvalue weighted by Gasteiger charge is 2.42. The topological polar surface area (TPSA) is 77.2 Å². The Morgan fingerprint density at radius 1 is 1.48 bits per heavy atom. The third kappa shape index (κ3) is 4.17. The molecule has 1 aliphatic carbocycles. The summed E-state index contributed by atoms with van der Waals surface area (Å²) in [6.45, 7) is 5.52. The average molecular weight is 291 g/mol. The van der Waals surface area contributed by atoms with Crippen molar-refractivity contribution >= 4 is 11.7 Å². The van der Waals surface area contributed by atoms with Crippen LogP contribution in [0.25, 0.3) is 0 Å². The predicted octanol–water partition coefficient (Wildman–Crippen LogP) is 2.33. The molecule has 5 nitrogen and oxygen atoms in total. The summed E-state index contributed by atoms with van der Waals surface area (Å²) < 4.78 is 5.13. The molecule has 0 atom stereocenters. The highest BCUT2D eigenvalue weighted by Crippen LogP contribution is 2.48. The lowest BCUT2D eigenvalue weighted by Crippen LogP contribution is -2.31. The largest absolute Gasteiger partial charge is 0.385 e. The highest BCUT2D eigenvalue weighted by atomic mass is 16.5. The van der Waals surface area contributed by atoms with Crippen LogP contribution >= 0.6 is 0 Å². The summed E-state index contributed by atoms with van der Waals surface area (Å²) in [4.78, 5) is 16.6. The van der Waals surface area contributed by atoms with Gasteiger partial charge in [0, 0.05) is 31.5 Å². The Morgan fingerprint density at radius 3 is 2.76 bits per heavy atom. The lowest BCUT2D eigenvalue weighted by atomic mass is 10.0. The molecule has 1 aromatic heterocycles. The number of ether oxygens (including phenoxy) is 1. The van der Waals surface area contributed by atoms with E-state index in [0.717, 1.165) is 31.6 Å². The molecule has 2 rings (SSSR count). The molecule has 1 aliphatic rings. The fourth-order valence-electron chi connectivity index (χ4n) is 2.38. The molecule has 1 amide bonds. The average Bonchev–Trinajstić information content (AvgIpc) is 3.22. The first-order valence-electron chi connectivity index (χ1n) is 7.50. The minimum absolute atomic E-state index is 0.0744. The molecular formula is C16H25N3O2. The van der Waals surface area contributed by atoms with E-state index < -0.39 is 0 Å². The number of pyridine rings is 1. The molecule has 0 aromatic carbocycles. The van der Waals surface area contributed by atoms with E-state index >= 15 is 0 Å². The van der Waals surface area contributed by atoms with Crippen LogP contribution in [-0.4, -0.2) is 31.2 Å². The van der Waals surface area contributed by atoms with Crippen LogP contribution in [0.1, 0.15) is 55.1 Å². The number of nitrogens with zero attached hydrogens (tertiary/aromatic N) is 1. The molecule has 0 unspecified atom stereocenters. The van der Waals surface area contributed by atoms with Gasteiger partial charge in [0.15, 0.2) is 0 Å². The maximum absolute atomic E-state index is 12.3. The number of nitrogen functional groups attached to an aromatic ring is 1. The van der Waals surface area contributed by atoms with Gasteiger partial charge in [-0.3, -0.25) is 4.79 Å². The highest BCUT2D eigenvalue weighted by molar-refractivity contribution is 5.95. The van der Waals surface area contributed by atoms with Crippen molar-refractivity contribution in [1.82, 2.24) is 10.3 Å². The molecule has 0 spiro atoms. The summed E-state index contributed by atoms with van der Waals surface area (Å²) in [5, 5.41) is 3.03. The van der Waals surface area contributed by atoms with Crippen LogP contribution in [0.4, 0.5) is 5.82 Å². The number of anilines is 1.